The van der Waals surface area contributed by atoms with E-state index in [2.05, 4.69) is 0 Å². The molecular formula is C18H17NO3S2. The van der Waals surface area contributed by atoms with E-state index in [1.807, 2.05) is 61.5 Å². The van der Waals surface area contributed by atoms with Crippen molar-refractivity contribution < 1.29 is 13.2 Å². The number of hydrogen-bond donors (Lipinski definition) is 0. The second kappa shape index (κ2) is 7.23. The molecule has 1 saturated heterocycles. The van der Waals surface area contributed by atoms with Crippen LogP contribution in [0.4, 0.5) is 5.69 Å². The zero-order valence-electron chi connectivity index (χ0n) is 13.2. The van der Waals surface area contributed by atoms with Crippen LogP contribution in [0.5, 0.6) is 0 Å². The highest BCUT2D eigenvalue weighted by molar-refractivity contribution is 8.00. The van der Waals surface area contributed by atoms with Crippen LogP contribution in [0.2, 0.25) is 0 Å². The van der Waals surface area contributed by atoms with Crippen LogP contribution in [-0.4, -0.2) is 30.3 Å². The number of amides is 1. The summed E-state index contributed by atoms with van der Waals surface area (Å²) in [4.78, 5) is 14.0. The lowest BCUT2D eigenvalue weighted by Gasteiger charge is -2.23. The van der Waals surface area contributed by atoms with E-state index in [1.54, 1.807) is 16.7 Å². The first kappa shape index (κ1) is 16.8. The number of anilines is 1. The summed E-state index contributed by atoms with van der Waals surface area (Å²) in [5, 5.41) is -0.169. The summed E-state index contributed by atoms with van der Waals surface area (Å²) in [5.41, 5.74) is 2.89. The third kappa shape index (κ3) is 3.25. The molecule has 0 N–H and O–H groups in total. The molecule has 3 rings (SSSR count). The van der Waals surface area contributed by atoms with Gasteiger partial charge in [-0.2, -0.15) is 8.42 Å². The third-order valence-corrected chi connectivity index (χ3v) is 5.76. The SMILES string of the molecule is CCSC1CC(=S(=O)=O)C(=O)N1c1ccc(-c2ccccc2)cc1. The van der Waals surface area contributed by atoms with E-state index in [-0.39, 0.29) is 16.7 Å². The van der Waals surface area contributed by atoms with Gasteiger partial charge in [-0.3, -0.25) is 9.69 Å². The van der Waals surface area contributed by atoms with Crippen molar-refractivity contribution in [2.24, 2.45) is 0 Å². The second-order valence-electron chi connectivity index (χ2n) is 5.36. The van der Waals surface area contributed by atoms with Crippen molar-refractivity contribution in [2.75, 3.05) is 10.7 Å². The fourth-order valence-electron chi connectivity index (χ4n) is 2.80. The van der Waals surface area contributed by atoms with Gasteiger partial charge in [0.15, 0.2) is 0 Å². The van der Waals surface area contributed by atoms with Crippen LogP contribution in [0, 0.1) is 0 Å². The lowest BCUT2D eigenvalue weighted by Crippen LogP contribution is -2.32. The molecule has 1 fully saturated rings. The number of benzene rings is 2. The highest BCUT2D eigenvalue weighted by atomic mass is 32.2. The van der Waals surface area contributed by atoms with E-state index < -0.39 is 16.2 Å². The van der Waals surface area contributed by atoms with Gasteiger partial charge in [0, 0.05) is 12.1 Å². The van der Waals surface area contributed by atoms with Gasteiger partial charge in [0.1, 0.15) is 4.86 Å². The van der Waals surface area contributed by atoms with Gasteiger partial charge in [-0.25, -0.2) is 0 Å². The van der Waals surface area contributed by atoms with Gasteiger partial charge in [-0.15, -0.1) is 11.8 Å². The summed E-state index contributed by atoms with van der Waals surface area (Å²) in [7, 11) is -2.46. The van der Waals surface area contributed by atoms with Gasteiger partial charge in [-0.05, 0) is 29.0 Å². The number of thioether (sulfide) groups is 1. The molecular weight excluding hydrogens is 342 g/mol. The maximum absolute atomic E-state index is 12.5. The Morgan fingerprint density at radius 3 is 2.25 bits per heavy atom. The van der Waals surface area contributed by atoms with E-state index >= 15 is 0 Å². The maximum Gasteiger partial charge on any atom is 0.270 e. The highest BCUT2D eigenvalue weighted by Crippen LogP contribution is 2.33. The Labute approximate surface area is 147 Å². The van der Waals surface area contributed by atoms with E-state index in [9.17, 15) is 13.2 Å². The molecule has 1 aliphatic heterocycles. The van der Waals surface area contributed by atoms with E-state index in [1.165, 1.54) is 0 Å². The minimum Gasteiger partial charge on any atom is -0.295 e. The van der Waals surface area contributed by atoms with Crippen LogP contribution in [-0.2, 0) is 15.1 Å². The van der Waals surface area contributed by atoms with Crippen molar-refractivity contribution in [3.8, 4) is 11.1 Å². The minimum absolute atomic E-state index is 0.0342. The average molecular weight is 359 g/mol. The fraction of sp³-hybridized carbons (Fsp3) is 0.222. The molecule has 24 heavy (non-hydrogen) atoms. The summed E-state index contributed by atoms with van der Waals surface area (Å²) in [6, 6.07) is 17.6. The lowest BCUT2D eigenvalue weighted by atomic mass is 10.1. The summed E-state index contributed by atoms with van der Waals surface area (Å²) in [5.74, 6) is 0.400. The Kier molecular flexibility index (Phi) is 5.06. The topological polar surface area (TPSA) is 54.5 Å². The molecule has 0 spiro atoms. The Morgan fingerprint density at radius 2 is 1.67 bits per heavy atom. The fourth-order valence-corrected chi connectivity index (χ4v) is 4.47. The lowest BCUT2D eigenvalue weighted by molar-refractivity contribution is -0.111. The number of rotatable bonds is 4. The smallest absolute Gasteiger partial charge is 0.270 e. The van der Waals surface area contributed by atoms with Gasteiger partial charge in [0.05, 0.1) is 5.37 Å². The van der Waals surface area contributed by atoms with Crippen LogP contribution in [0.25, 0.3) is 11.1 Å². The van der Waals surface area contributed by atoms with E-state index in [0.29, 0.717) is 0 Å². The van der Waals surface area contributed by atoms with Crippen molar-refractivity contribution in [1.29, 1.82) is 0 Å². The first-order valence-electron chi connectivity index (χ1n) is 7.67. The summed E-state index contributed by atoms with van der Waals surface area (Å²) in [6.45, 7) is 2.00. The van der Waals surface area contributed by atoms with E-state index in [4.69, 9.17) is 0 Å². The predicted octanol–water partition coefficient (Wildman–Crippen LogP) is 3.22. The van der Waals surface area contributed by atoms with Gasteiger partial charge >= 0.3 is 0 Å². The molecule has 2 aromatic carbocycles. The molecule has 4 nitrogen and oxygen atoms in total. The quantitative estimate of drug-likeness (QED) is 0.787. The highest BCUT2D eigenvalue weighted by Gasteiger charge is 2.38. The first-order valence-corrected chi connectivity index (χ1v) is 9.80. The molecule has 6 heteroatoms. The van der Waals surface area contributed by atoms with E-state index in [0.717, 1.165) is 22.6 Å². The Hall–Kier alpha value is -2.05. The normalized spacial score (nSPS) is 17.4. The molecule has 1 amide bonds. The number of carbonyl (C=O) groups is 1. The van der Waals surface area contributed by atoms with Gasteiger partial charge in [0.2, 0.25) is 10.3 Å². The Balaban J connectivity index is 1.95. The van der Waals surface area contributed by atoms with Crippen LogP contribution < -0.4 is 4.90 Å². The number of carbonyl (C=O) groups excluding carboxylic acids is 1. The molecule has 0 bridgehead atoms. The number of nitrogens with zero attached hydrogens (tertiary/aromatic N) is 1. The minimum atomic E-state index is -2.46. The molecule has 0 radical (unpaired) electrons. The first-order chi connectivity index (χ1) is 11.6. The third-order valence-electron chi connectivity index (χ3n) is 3.92. The molecule has 2 aromatic rings. The van der Waals surface area contributed by atoms with Crippen LogP contribution >= 0.6 is 11.8 Å². The summed E-state index contributed by atoms with van der Waals surface area (Å²) >= 11 is 1.58. The average Bonchev–Trinajstić information content (AvgIpc) is 2.93. The maximum atomic E-state index is 12.5. The second-order valence-corrected chi connectivity index (χ2v) is 7.78. The van der Waals surface area contributed by atoms with Crippen molar-refractivity contribution in [3.05, 3.63) is 54.6 Å². The Morgan fingerprint density at radius 1 is 1.04 bits per heavy atom. The molecule has 0 aromatic heterocycles. The molecule has 0 aliphatic carbocycles. The van der Waals surface area contributed by atoms with Gasteiger partial charge in [0.25, 0.3) is 5.91 Å². The van der Waals surface area contributed by atoms with Crippen molar-refractivity contribution >= 4 is 38.5 Å². The molecule has 124 valence electrons. The Bertz CT molecular complexity index is 866. The zero-order chi connectivity index (χ0) is 17.1. The van der Waals surface area contributed by atoms with Crippen LogP contribution in [0.1, 0.15) is 13.3 Å². The largest absolute Gasteiger partial charge is 0.295 e. The van der Waals surface area contributed by atoms with Crippen molar-refractivity contribution in [2.45, 2.75) is 18.7 Å². The molecule has 1 atom stereocenters. The summed E-state index contributed by atoms with van der Waals surface area (Å²) < 4.78 is 22.6. The standard InChI is InChI=1S/C18H17NO3S2/c1-2-23-17-12-16(24(21)22)18(20)19(17)15-10-8-14(9-11-15)13-6-4-3-5-7-13/h3-11,17H,2,12H2,1H3. The number of hydrogen-bond acceptors (Lipinski definition) is 4. The monoisotopic (exact) mass is 359 g/mol. The predicted molar refractivity (Wildman–Crippen MR) is 99.8 cm³/mol. The molecule has 1 unspecified atom stereocenters. The van der Waals surface area contributed by atoms with Crippen molar-refractivity contribution in [3.63, 3.8) is 0 Å². The van der Waals surface area contributed by atoms with Crippen LogP contribution in [0.3, 0.4) is 0 Å². The molecule has 1 aliphatic rings. The summed E-state index contributed by atoms with van der Waals surface area (Å²) in [6.07, 6.45) is 0.258. The zero-order valence-corrected chi connectivity index (χ0v) is 14.8. The van der Waals surface area contributed by atoms with Gasteiger partial charge in [-0.1, -0.05) is 49.4 Å². The van der Waals surface area contributed by atoms with Crippen molar-refractivity contribution in [1.82, 2.24) is 0 Å². The van der Waals surface area contributed by atoms with Gasteiger partial charge < -0.3 is 0 Å². The van der Waals surface area contributed by atoms with Crippen LogP contribution in [0.15, 0.2) is 54.6 Å². The molecule has 0 saturated carbocycles. The molecule has 1 heterocycles.